The Hall–Kier alpha value is -2.44. The molecule has 2 aromatic heterocycles. The first kappa shape index (κ1) is 17.0. The molecule has 1 aliphatic rings. The Morgan fingerprint density at radius 1 is 1.23 bits per heavy atom. The number of aromatic nitrogens is 3. The highest BCUT2D eigenvalue weighted by atomic mass is 16.5. The molecule has 0 spiro atoms. The van der Waals surface area contributed by atoms with Crippen LogP contribution in [-0.2, 0) is 20.0 Å². The molecule has 6 nitrogen and oxygen atoms in total. The van der Waals surface area contributed by atoms with Crippen molar-refractivity contribution in [3.63, 3.8) is 0 Å². The van der Waals surface area contributed by atoms with Crippen LogP contribution in [0.2, 0.25) is 0 Å². The van der Waals surface area contributed by atoms with Gasteiger partial charge >= 0.3 is 0 Å². The van der Waals surface area contributed by atoms with Crippen molar-refractivity contribution in [3.8, 4) is 11.3 Å². The molecule has 0 saturated carbocycles. The number of β-amino-alcohol motifs (C(OH)–C–C–N with tert-alkyl or cyclic N) is 1. The monoisotopic (exact) mass is 352 g/mol. The predicted octanol–water partition coefficient (Wildman–Crippen LogP) is 2.42. The summed E-state index contributed by atoms with van der Waals surface area (Å²) in [5.74, 6) is 1.01. The van der Waals surface area contributed by atoms with Crippen LogP contribution < -0.4 is 0 Å². The van der Waals surface area contributed by atoms with E-state index in [4.69, 9.17) is 4.52 Å². The summed E-state index contributed by atoms with van der Waals surface area (Å²) in [4.78, 5) is 2.29. The van der Waals surface area contributed by atoms with Gasteiger partial charge in [-0.1, -0.05) is 35.5 Å². The minimum absolute atomic E-state index is 0.166. The zero-order valence-electron chi connectivity index (χ0n) is 15.2. The normalized spacial score (nSPS) is 20.7. The molecule has 0 aliphatic carbocycles. The molecular weight excluding hydrogens is 328 g/mol. The van der Waals surface area contributed by atoms with Gasteiger partial charge in [0.1, 0.15) is 5.76 Å². The molecule has 0 radical (unpaired) electrons. The fourth-order valence-electron chi connectivity index (χ4n) is 3.78. The van der Waals surface area contributed by atoms with Crippen LogP contribution in [0.5, 0.6) is 0 Å². The number of aliphatic hydroxyl groups is 1. The molecule has 1 aliphatic heterocycles. The van der Waals surface area contributed by atoms with Gasteiger partial charge < -0.3 is 9.63 Å². The highest BCUT2D eigenvalue weighted by molar-refractivity contribution is 5.62. The van der Waals surface area contributed by atoms with E-state index >= 15 is 0 Å². The van der Waals surface area contributed by atoms with Crippen LogP contribution >= 0.6 is 0 Å². The first-order valence-electron chi connectivity index (χ1n) is 8.99. The maximum Gasteiger partial charge on any atom is 0.137 e. The standard InChI is InChI=1S/C20H24N4O2/c1-14-8-18(26-22-14)9-16-11-24(13-19(16)25)12-17-10-23(2)21-20(17)15-6-4-3-5-7-15/h3-8,10,16,19,25H,9,11-13H2,1-2H3/t16-,19-/m1/s1. The SMILES string of the molecule is Cc1cc(C[C@@H]2CN(Cc3cn(C)nc3-c3ccccc3)C[C@H]2O)on1. The molecule has 136 valence electrons. The van der Waals surface area contributed by atoms with Gasteiger partial charge in [-0.15, -0.1) is 0 Å². The molecule has 0 unspecified atom stereocenters. The average molecular weight is 352 g/mol. The fourth-order valence-corrected chi connectivity index (χ4v) is 3.78. The van der Waals surface area contributed by atoms with E-state index in [9.17, 15) is 5.11 Å². The van der Waals surface area contributed by atoms with Gasteiger partial charge in [-0.25, -0.2) is 0 Å². The number of aliphatic hydroxyl groups excluding tert-OH is 1. The van der Waals surface area contributed by atoms with Crippen LogP contribution in [0.25, 0.3) is 11.3 Å². The smallest absolute Gasteiger partial charge is 0.137 e. The highest BCUT2D eigenvalue weighted by Crippen LogP contribution is 2.27. The largest absolute Gasteiger partial charge is 0.391 e. The van der Waals surface area contributed by atoms with Crippen molar-refractivity contribution in [2.24, 2.45) is 13.0 Å². The second-order valence-electron chi connectivity index (χ2n) is 7.20. The molecule has 1 aromatic carbocycles. The third-order valence-electron chi connectivity index (χ3n) is 4.97. The summed E-state index contributed by atoms with van der Waals surface area (Å²) in [5.41, 5.74) is 4.20. The maximum atomic E-state index is 10.5. The highest BCUT2D eigenvalue weighted by Gasteiger charge is 2.32. The second-order valence-corrected chi connectivity index (χ2v) is 7.20. The zero-order valence-corrected chi connectivity index (χ0v) is 15.2. The van der Waals surface area contributed by atoms with Gasteiger partial charge in [-0.2, -0.15) is 5.10 Å². The molecule has 26 heavy (non-hydrogen) atoms. The summed E-state index contributed by atoms with van der Waals surface area (Å²) in [5, 5.41) is 19.0. The van der Waals surface area contributed by atoms with Crippen molar-refractivity contribution in [2.75, 3.05) is 13.1 Å². The van der Waals surface area contributed by atoms with Gasteiger partial charge in [-0.05, 0) is 6.92 Å². The van der Waals surface area contributed by atoms with Crippen LogP contribution in [0.15, 0.2) is 47.1 Å². The summed E-state index contributed by atoms with van der Waals surface area (Å²) in [6.07, 6.45) is 2.44. The molecule has 0 amide bonds. The van der Waals surface area contributed by atoms with E-state index in [-0.39, 0.29) is 12.0 Å². The fraction of sp³-hybridized carbons (Fsp3) is 0.400. The first-order valence-corrected chi connectivity index (χ1v) is 8.99. The van der Waals surface area contributed by atoms with Gasteiger partial charge in [0.2, 0.25) is 0 Å². The van der Waals surface area contributed by atoms with Gasteiger partial charge in [0.25, 0.3) is 0 Å². The lowest BCUT2D eigenvalue weighted by molar-refractivity contribution is 0.137. The summed E-state index contributed by atoms with van der Waals surface area (Å²) in [7, 11) is 1.95. The maximum absolute atomic E-state index is 10.5. The van der Waals surface area contributed by atoms with Crippen LogP contribution in [0.4, 0.5) is 0 Å². The Balaban J connectivity index is 1.47. The Bertz CT molecular complexity index is 871. The van der Waals surface area contributed by atoms with Crippen LogP contribution in [0, 0.1) is 12.8 Å². The van der Waals surface area contributed by atoms with E-state index in [1.807, 2.05) is 42.9 Å². The predicted molar refractivity (Wildman–Crippen MR) is 98.4 cm³/mol. The van der Waals surface area contributed by atoms with E-state index in [1.54, 1.807) is 0 Å². The molecule has 1 saturated heterocycles. The first-order chi connectivity index (χ1) is 12.6. The summed E-state index contributed by atoms with van der Waals surface area (Å²) in [6, 6.07) is 12.2. The van der Waals surface area contributed by atoms with Crippen molar-refractivity contribution in [1.29, 1.82) is 0 Å². The van der Waals surface area contributed by atoms with Crippen molar-refractivity contribution in [1.82, 2.24) is 19.8 Å². The summed E-state index contributed by atoms with van der Waals surface area (Å²) < 4.78 is 7.18. The number of benzene rings is 1. The molecular formula is C20H24N4O2. The van der Waals surface area contributed by atoms with Gasteiger partial charge in [0, 0.05) is 62.4 Å². The molecule has 0 bridgehead atoms. The van der Waals surface area contributed by atoms with E-state index in [0.717, 1.165) is 42.2 Å². The molecule has 1 N–H and O–H groups in total. The number of hydrogen-bond donors (Lipinski definition) is 1. The van der Waals surface area contributed by atoms with Crippen molar-refractivity contribution in [2.45, 2.75) is 26.0 Å². The van der Waals surface area contributed by atoms with E-state index in [1.165, 1.54) is 5.56 Å². The summed E-state index contributed by atoms with van der Waals surface area (Å²) >= 11 is 0. The van der Waals surface area contributed by atoms with E-state index < -0.39 is 0 Å². The second kappa shape index (κ2) is 7.05. The van der Waals surface area contributed by atoms with Crippen LogP contribution in [0.3, 0.4) is 0 Å². The number of aryl methyl sites for hydroxylation is 2. The minimum Gasteiger partial charge on any atom is -0.391 e. The van der Waals surface area contributed by atoms with Crippen molar-refractivity contribution < 1.29 is 9.63 Å². The van der Waals surface area contributed by atoms with E-state index in [2.05, 4.69) is 33.5 Å². The van der Waals surface area contributed by atoms with Gasteiger partial charge in [0.15, 0.2) is 0 Å². The Kier molecular flexibility index (Phi) is 4.61. The van der Waals surface area contributed by atoms with E-state index in [0.29, 0.717) is 6.54 Å². The molecule has 6 heteroatoms. The van der Waals surface area contributed by atoms with Gasteiger partial charge in [-0.3, -0.25) is 9.58 Å². The Morgan fingerprint density at radius 3 is 2.77 bits per heavy atom. The quantitative estimate of drug-likeness (QED) is 0.764. The van der Waals surface area contributed by atoms with Crippen molar-refractivity contribution in [3.05, 3.63) is 59.6 Å². The third kappa shape index (κ3) is 3.57. The lowest BCUT2D eigenvalue weighted by Crippen LogP contribution is -2.21. The van der Waals surface area contributed by atoms with Crippen LogP contribution in [-0.4, -0.2) is 44.1 Å². The molecule has 3 heterocycles. The molecule has 3 aromatic rings. The molecule has 1 fully saturated rings. The topological polar surface area (TPSA) is 67.3 Å². The number of likely N-dealkylation sites (tertiary alicyclic amines) is 1. The summed E-state index contributed by atoms with van der Waals surface area (Å²) in [6.45, 7) is 4.20. The lowest BCUT2D eigenvalue weighted by Gasteiger charge is -2.15. The number of rotatable bonds is 5. The third-order valence-corrected chi connectivity index (χ3v) is 4.97. The number of hydrogen-bond acceptors (Lipinski definition) is 5. The minimum atomic E-state index is -0.350. The molecule has 2 atom stereocenters. The Morgan fingerprint density at radius 2 is 2.04 bits per heavy atom. The Labute approximate surface area is 153 Å². The van der Waals surface area contributed by atoms with Gasteiger partial charge in [0.05, 0.1) is 17.5 Å². The molecule has 4 rings (SSSR count). The average Bonchev–Trinajstić information content (AvgIpc) is 3.29. The lowest BCUT2D eigenvalue weighted by atomic mass is 10.0. The van der Waals surface area contributed by atoms with Crippen LogP contribution in [0.1, 0.15) is 17.0 Å². The number of nitrogens with zero attached hydrogens (tertiary/aromatic N) is 4. The van der Waals surface area contributed by atoms with Crippen molar-refractivity contribution >= 4 is 0 Å². The zero-order chi connectivity index (χ0) is 18.1.